The van der Waals surface area contributed by atoms with Crippen LogP contribution in [0.15, 0.2) is 22.8 Å². The van der Waals surface area contributed by atoms with Crippen LogP contribution in [0.1, 0.15) is 56.4 Å². The van der Waals surface area contributed by atoms with E-state index in [4.69, 9.17) is 4.74 Å². The van der Waals surface area contributed by atoms with Crippen LogP contribution in [0.3, 0.4) is 0 Å². The summed E-state index contributed by atoms with van der Waals surface area (Å²) < 4.78 is 9.22. The molecule has 4 rings (SSSR count). The highest BCUT2D eigenvalue weighted by molar-refractivity contribution is 9.10. The van der Waals surface area contributed by atoms with Crippen molar-refractivity contribution in [3.63, 3.8) is 0 Å². The molecule has 1 aromatic heterocycles. The molecule has 3 nitrogen and oxygen atoms in total. The Morgan fingerprint density at radius 1 is 1.32 bits per heavy atom. The first-order chi connectivity index (χ1) is 10.8. The largest absolute Gasteiger partial charge is 0.356 e. The Bertz CT molecular complexity index is 741. The maximum absolute atomic E-state index is 5.93. The van der Waals surface area contributed by atoms with Crippen LogP contribution in [-0.4, -0.2) is 16.4 Å². The molecule has 2 aliphatic rings. The number of aromatic nitrogens is 2. The summed E-state index contributed by atoms with van der Waals surface area (Å²) in [6.07, 6.45) is 11.3. The van der Waals surface area contributed by atoms with Gasteiger partial charge in [-0.3, -0.25) is 0 Å². The predicted molar refractivity (Wildman–Crippen MR) is 92.9 cm³/mol. The van der Waals surface area contributed by atoms with E-state index in [1.54, 1.807) is 0 Å². The number of nitrogens with zero attached hydrogens (tertiary/aromatic N) is 2. The molecule has 0 saturated carbocycles. The second-order valence-corrected chi connectivity index (χ2v) is 7.03. The number of benzene rings is 1. The normalized spacial score (nSPS) is 23.9. The van der Waals surface area contributed by atoms with Gasteiger partial charge in [0.15, 0.2) is 6.23 Å². The van der Waals surface area contributed by atoms with Crippen LogP contribution in [0, 0.1) is 0 Å². The van der Waals surface area contributed by atoms with E-state index in [-0.39, 0.29) is 6.23 Å². The average Bonchev–Trinajstić information content (AvgIpc) is 2.99. The summed E-state index contributed by atoms with van der Waals surface area (Å²) in [6.45, 7) is 2.99. The molecule has 1 unspecified atom stereocenters. The molecule has 1 aromatic carbocycles. The van der Waals surface area contributed by atoms with E-state index in [1.165, 1.54) is 57.8 Å². The molecule has 1 aliphatic heterocycles. The van der Waals surface area contributed by atoms with Crippen LogP contribution in [-0.2, 0) is 11.2 Å². The SMILES string of the molecule is CC=C1CCCc2cc3c(cnn3C3CCCCO3)c(Br)c21. The quantitative estimate of drug-likeness (QED) is 0.695. The molecule has 0 spiro atoms. The molecule has 0 amide bonds. The third-order valence-electron chi connectivity index (χ3n) is 4.91. The molecule has 1 fully saturated rings. The summed E-state index contributed by atoms with van der Waals surface area (Å²) in [5.41, 5.74) is 5.49. The molecule has 1 saturated heterocycles. The number of halogens is 1. The lowest BCUT2D eigenvalue weighted by atomic mass is 9.86. The predicted octanol–water partition coefficient (Wildman–Crippen LogP) is 5.24. The Hall–Kier alpha value is -1.13. The molecule has 22 heavy (non-hydrogen) atoms. The van der Waals surface area contributed by atoms with Gasteiger partial charge in [0.05, 0.1) is 11.7 Å². The summed E-state index contributed by atoms with van der Waals surface area (Å²) in [5, 5.41) is 5.85. The van der Waals surface area contributed by atoms with Crippen LogP contribution in [0.25, 0.3) is 16.5 Å². The van der Waals surface area contributed by atoms with Crippen molar-refractivity contribution in [2.24, 2.45) is 0 Å². The lowest BCUT2D eigenvalue weighted by molar-refractivity contribution is -0.0366. The summed E-state index contributed by atoms with van der Waals surface area (Å²) in [5.74, 6) is 0. The monoisotopic (exact) mass is 360 g/mol. The van der Waals surface area contributed by atoms with Crippen LogP contribution in [0.2, 0.25) is 0 Å². The summed E-state index contributed by atoms with van der Waals surface area (Å²) in [4.78, 5) is 0. The van der Waals surface area contributed by atoms with Crippen molar-refractivity contribution in [3.8, 4) is 0 Å². The van der Waals surface area contributed by atoms with Gasteiger partial charge >= 0.3 is 0 Å². The average molecular weight is 361 g/mol. The zero-order valence-electron chi connectivity index (χ0n) is 12.9. The van der Waals surface area contributed by atoms with Crippen molar-refractivity contribution in [3.05, 3.63) is 33.9 Å². The second-order valence-electron chi connectivity index (χ2n) is 6.24. The maximum Gasteiger partial charge on any atom is 0.150 e. The van der Waals surface area contributed by atoms with E-state index in [1.807, 2.05) is 6.20 Å². The summed E-state index contributed by atoms with van der Waals surface area (Å²) in [6, 6.07) is 2.34. The van der Waals surface area contributed by atoms with Crippen LogP contribution in [0.4, 0.5) is 0 Å². The van der Waals surface area contributed by atoms with Crippen molar-refractivity contribution in [2.75, 3.05) is 6.61 Å². The van der Waals surface area contributed by atoms with Gasteiger partial charge < -0.3 is 4.74 Å². The third-order valence-corrected chi connectivity index (χ3v) is 5.74. The molecule has 0 N–H and O–H groups in total. The minimum Gasteiger partial charge on any atom is -0.356 e. The number of hydrogen-bond acceptors (Lipinski definition) is 2. The number of ether oxygens (including phenoxy) is 1. The molecule has 116 valence electrons. The van der Waals surface area contributed by atoms with Crippen LogP contribution >= 0.6 is 15.9 Å². The molecule has 1 atom stereocenters. The molecule has 0 radical (unpaired) electrons. The number of aryl methyl sites for hydroxylation is 1. The smallest absolute Gasteiger partial charge is 0.150 e. The lowest BCUT2D eigenvalue weighted by Crippen LogP contribution is -2.19. The van der Waals surface area contributed by atoms with E-state index in [9.17, 15) is 0 Å². The zero-order chi connectivity index (χ0) is 15.1. The molecule has 2 heterocycles. The Morgan fingerprint density at radius 2 is 2.23 bits per heavy atom. The van der Waals surface area contributed by atoms with Gasteiger partial charge in [-0.25, -0.2) is 4.68 Å². The molecule has 0 bridgehead atoms. The van der Waals surface area contributed by atoms with E-state index >= 15 is 0 Å². The van der Waals surface area contributed by atoms with Gasteiger partial charge in [0.2, 0.25) is 0 Å². The van der Waals surface area contributed by atoms with Gasteiger partial charge in [-0.05, 0) is 84.1 Å². The number of hydrogen-bond donors (Lipinski definition) is 0. The van der Waals surface area contributed by atoms with Crippen molar-refractivity contribution in [2.45, 2.75) is 51.7 Å². The van der Waals surface area contributed by atoms with E-state index in [2.05, 4.69) is 44.8 Å². The Kier molecular flexibility index (Phi) is 3.82. The molecular formula is C18H21BrN2O. The first kappa shape index (κ1) is 14.5. The number of rotatable bonds is 1. The highest BCUT2D eigenvalue weighted by atomic mass is 79.9. The Labute approximate surface area is 139 Å². The molecular weight excluding hydrogens is 340 g/mol. The minimum absolute atomic E-state index is 0.0981. The van der Waals surface area contributed by atoms with Gasteiger partial charge in [0.25, 0.3) is 0 Å². The third kappa shape index (κ3) is 2.24. The molecule has 4 heteroatoms. The first-order valence-electron chi connectivity index (χ1n) is 8.25. The van der Waals surface area contributed by atoms with Gasteiger partial charge in [-0.1, -0.05) is 6.08 Å². The van der Waals surface area contributed by atoms with Gasteiger partial charge in [0.1, 0.15) is 0 Å². The van der Waals surface area contributed by atoms with Gasteiger partial charge in [0, 0.05) is 16.5 Å². The van der Waals surface area contributed by atoms with Gasteiger partial charge in [-0.15, -0.1) is 0 Å². The Morgan fingerprint density at radius 3 is 3.00 bits per heavy atom. The highest BCUT2D eigenvalue weighted by Crippen LogP contribution is 2.41. The second kappa shape index (κ2) is 5.82. The minimum atomic E-state index is 0.0981. The zero-order valence-corrected chi connectivity index (χ0v) is 14.5. The van der Waals surface area contributed by atoms with Crippen LogP contribution in [0.5, 0.6) is 0 Å². The van der Waals surface area contributed by atoms with Gasteiger partial charge in [-0.2, -0.15) is 5.10 Å². The Balaban J connectivity index is 1.88. The molecule has 2 aromatic rings. The van der Waals surface area contributed by atoms with E-state index < -0.39 is 0 Å². The first-order valence-corrected chi connectivity index (χ1v) is 9.04. The van der Waals surface area contributed by atoms with Crippen molar-refractivity contribution < 1.29 is 4.74 Å². The lowest BCUT2D eigenvalue weighted by Gasteiger charge is -2.25. The standard InChI is InChI=1S/C18H21BrN2O/c1-2-12-6-5-7-13-10-15-14(18(19)17(12)13)11-20-21(15)16-8-3-4-9-22-16/h2,10-11,16H,3-9H2,1H3. The fourth-order valence-corrected chi connectivity index (χ4v) is 4.59. The summed E-state index contributed by atoms with van der Waals surface area (Å²) in [7, 11) is 0. The van der Waals surface area contributed by atoms with E-state index in [0.717, 1.165) is 19.4 Å². The van der Waals surface area contributed by atoms with Crippen LogP contribution < -0.4 is 0 Å². The topological polar surface area (TPSA) is 27.1 Å². The van der Waals surface area contributed by atoms with Crippen molar-refractivity contribution >= 4 is 32.4 Å². The van der Waals surface area contributed by atoms with Crippen molar-refractivity contribution in [1.82, 2.24) is 9.78 Å². The summed E-state index contributed by atoms with van der Waals surface area (Å²) >= 11 is 3.85. The maximum atomic E-state index is 5.93. The van der Waals surface area contributed by atoms with E-state index in [0.29, 0.717) is 0 Å². The molecule has 1 aliphatic carbocycles. The highest BCUT2D eigenvalue weighted by Gasteiger charge is 2.24. The fourth-order valence-electron chi connectivity index (χ4n) is 3.77. The fraction of sp³-hybridized carbons (Fsp3) is 0.500. The van der Waals surface area contributed by atoms with Crippen molar-refractivity contribution in [1.29, 1.82) is 0 Å². The number of fused-ring (bicyclic) bond motifs is 2. The number of allylic oxidation sites excluding steroid dienone is 2.